The summed E-state index contributed by atoms with van der Waals surface area (Å²) < 4.78 is 5.92. The van der Waals surface area contributed by atoms with Gasteiger partial charge in [0.05, 0.1) is 18.3 Å². The van der Waals surface area contributed by atoms with Gasteiger partial charge in [0.1, 0.15) is 0 Å². The van der Waals surface area contributed by atoms with Crippen LogP contribution in [0.4, 0.5) is 0 Å². The molecule has 0 aliphatic heterocycles. The summed E-state index contributed by atoms with van der Waals surface area (Å²) in [6.07, 6.45) is 10.5. The highest BCUT2D eigenvalue weighted by atomic mass is 16.5. The largest absolute Gasteiger partial charge is 0.393 e. The number of ether oxygens (including phenoxy) is 1. The maximum atomic E-state index is 9.12. The Morgan fingerprint density at radius 3 is 2.00 bits per heavy atom. The molecule has 0 aromatic carbocycles. The predicted octanol–water partition coefficient (Wildman–Crippen LogP) is 2.25. The lowest BCUT2D eigenvalue weighted by atomic mass is 9.92. The van der Waals surface area contributed by atoms with Gasteiger partial charge in [0, 0.05) is 0 Å². The second-order valence-corrected chi connectivity index (χ2v) is 4.50. The zero-order valence-corrected chi connectivity index (χ0v) is 8.24. The minimum Gasteiger partial charge on any atom is -0.393 e. The predicted molar refractivity (Wildman–Crippen MR) is 51.6 cm³/mol. The molecule has 2 saturated carbocycles. The molecule has 0 bridgehead atoms. The van der Waals surface area contributed by atoms with Crippen LogP contribution >= 0.6 is 0 Å². The third-order valence-electron chi connectivity index (χ3n) is 3.26. The summed E-state index contributed by atoms with van der Waals surface area (Å²) in [6.45, 7) is 0. The molecule has 2 fully saturated rings. The van der Waals surface area contributed by atoms with Gasteiger partial charge in [-0.15, -0.1) is 0 Å². The average Bonchev–Trinajstić information content (AvgIpc) is 2.30. The van der Waals surface area contributed by atoms with Crippen molar-refractivity contribution < 1.29 is 9.84 Å². The fraction of sp³-hybridized carbons (Fsp3) is 1.00. The first-order valence-electron chi connectivity index (χ1n) is 5.68. The number of hydrogen-bond donors (Lipinski definition) is 1. The van der Waals surface area contributed by atoms with Crippen LogP contribution in [0.2, 0.25) is 0 Å². The van der Waals surface area contributed by atoms with E-state index in [1.54, 1.807) is 0 Å². The average molecular weight is 184 g/mol. The van der Waals surface area contributed by atoms with Crippen LogP contribution in [0.1, 0.15) is 51.4 Å². The third kappa shape index (κ3) is 2.68. The standard InChI is InChI=1S/C11H20O2/c12-9-7-11(8-9)13-10-5-3-1-2-4-6-10/h9-12H,1-8H2. The summed E-state index contributed by atoms with van der Waals surface area (Å²) in [5, 5.41) is 9.12. The van der Waals surface area contributed by atoms with Gasteiger partial charge in [-0.2, -0.15) is 0 Å². The first-order chi connectivity index (χ1) is 6.34. The molecule has 0 amide bonds. The normalized spacial score (nSPS) is 36.7. The van der Waals surface area contributed by atoms with Gasteiger partial charge in [0.25, 0.3) is 0 Å². The molecule has 2 aliphatic rings. The molecule has 13 heavy (non-hydrogen) atoms. The Morgan fingerprint density at radius 1 is 0.846 bits per heavy atom. The molecule has 1 N–H and O–H groups in total. The van der Waals surface area contributed by atoms with Gasteiger partial charge >= 0.3 is 0 Å². The number of hydrogen-bond acceptors (Lipinski definition) is 2. The van der Waals surface area contributed by atoms with Crippen molar-refractivity contribution in [3.8, 4) is 0 Å². The maximum absolute atomic E-state index is 9.12. The zero-order chi connectivity index (χ0) is 9.10. The Kier molecular flexibility index (Phi) is 3.23. The second-order valence-electron chi connectivity index (χ2n) is 4.50. The van der Waals surface area contributed by atoms with Gasteiger partial charge in [-0.3, -0.25) is 0 Å². The summed E-state index contributed by atoms with van der Waals surface area (Å²) >= 11 is 0. The molecular weight excluding hydrogens is 164 g/mol. The quantitative estimate of drug-likeness (QED) is 0.667. The van der Waals surface area contributed by atoms with Crippen LogP contribution < -0.4 is 0 Å². The van der Waals surface area contributed by atoms with Crippen molar-refractivity contribution >= 4 is 0 Å². The number of aliphatic hydroxyl groups is 1. The highest BCUT2D eigenvalue weighted by molar-refractivity contribution is 4.80. The molecule has 0 unspecified atom stereocenters. The van der Waals surface area contributed by atoms with Gasteiger partial charge in [-0.1, -0.05) is 25.7 Å². The van der Waals surface area contributed by atoms with Crippen LogP contribution in [0.15, 0.2) is 0 Å². The van der Waals surface area contributed by atoms with Crippen molar-refractivity contribution in [3.63, 3.8) is 0 Å². The van der Waals surface area contributed by atoms with E-state index in [1.165, 1.54) is 38.5 Å². The third-order valence-corrected chi connectivity index (χ3v) is 3.26. The van der Waals surface area contributed by atoms with Crippen molar-refractivity contribution in [1.29, 1.82) is 0 Å². The second kappa shape index (κ2) is 4.43. The van der Waals surface area contributed by atoms with Crippen LogP contribution in [0.5, 0.6) is 0 Å². The molecule has 0 atom stereocenters. The fourth-order valence-electron chi connectivity index (χ4n) is 2.30. The van der Waals surface area contributed by atoms with Crippen LogP contribution in [-0.2, 0) is 4.74 Å². The van der Waals surface area contributed by atoms with E-state index in [0.717, 1.165) is 12.8 Å². The maximum Gasteiger partial charge on any atom is 0.0628 e. The summed E-state index contributed by atoms with van der Waals surface area (Å²) in [5.74, 6) is 0. The first-order valence-corrected chi connectivity index (χ1v) is 5.68. The Hall–Kier alpha value is -0.0800. The van der Waals surface area contributed by atoms with Crippen LogP contribution in [0.25, 0.3) is 0 Å². The minimum absolute atomic E-state index is 0.0734. The van der Waals surface area contributed by atoms with E-state index in [1.807, 2.05) is 0 Å². The van der Waals surface area contributed by atoms with E-state index in [0.29, 0.717) is 12.2 Å². The van der Waals surface area contributed by atoms with E-state index in [4.69, 9.17) is 9.84 Å². The van der Waals surface area contributed by atoms with Gasteiger partial charge in [0.15, 0.2) is 0 Å². The van der Waals surface area contributed by atoms with Gasteiger partial charge in [-0.25, -0.2) is 0 Å². The summed E-state index contributed by atoms with van der Waals surface area (Å²) in [6, 6.07) is 0. The molecule has 2 aliphatic carbocycles. The van der Waals surface area contributed by atoms with Gasteiger partial charge < -0.3 is 9.84 Å². The lowest BCUT2D eigenvalue weighted by molar-refractivity contribution is -0.107. The monoisotopic (exact) mass is 184 g/mol. The summed E-state index contributed by atoms with van der Waals surface area (Å²) in [5.41, 5.74) is 0. The molecule has 0 radical (unpaired) electrons. The van der Waals surface area contributed by atoms with Crippen molar-refractivity contribution in [2.75, 3.05) is 0 Å². The van der Waals surface area contributed by atoms with Crippen molar-refractivity contribution in [2.24, 2.45) is 0 Å². The Bertz CT molecular complexity index is 144. The molecule has 2 nitrogen and oxygen atoms in total. The van der Waals surface area contributed by atoms with Gasteiger partial charge in [0.2, 0.25) is 0 Å². The van der Waals surface area contributed by atoms with E-state index in [-0.39, 0.29) is 6.10 Å². The molecule has 76 valence electrons. The van der Waals surface area contributed by atoms with E-state index >= 15 is 0 Å². The fourth-order valence-corrected chi connectivity index (χ4v) is 2.30. The molecule has 0 aromatic heterocycles. The molecule has 2 heteroatoms. The summed E-state index contributed by atoms with van der Waals surface area (Å²) in [7, 11) is 0. The first kappa shape index (κ1) is 9.47. The molecule has 0 spiro atoms. The van der Waals surface area contributed by atoms with Crippen LogP contribution in [-0.4, -0.2) is 23.4 Å². The van der Waals surface area contributed by atoms with E-state index in [9.17, 15) is 0 Å². The summed E-state index contributed by atoms with van der Waals surface area (Å²) in [4.78, 5) is 0. The van der Waals surface area contributed by atoms with Crippen molar-refractivity contribution in [1.82, 2.24) is 0 Å². The van der Waals surface area contributed by atoms with Crippen LogP contribution in [0, 0.1) is 0 Å². The van der Waals surface area contributed by atoms with Gasteiger partial charge in [-0.05, 0) is 25.7 Å². The molecule has 0 saturated heterocycles. The molecule has 0 heterocycles. The van der Waals surface area contributed by atoms with Crippen LogP contribution in [0.3, 0.4) is 0 Å². The number of aliphatic hydroxyl groups excluding tert-OH is 1. The Balaban J connectivity index is 1.67. The van der Waals surface area contributed by atoms with Crippen molar-refractivity contribution in [3.05, 3.63) is 0 Å². The molecular formula is C11H20O2. The smallest absolute Gasteiger partial charge is 0.0628 e. The van der Waals surface area contributed by atoms with E-state index < -0.39 is 0 Å². The van der Waals surface area contributed by atoms with E-state index in [2.05, 4.69) is 0 Å². The minimum atomic E-state index is -0.0734. The Labute approximate surface area is 80.3 Å². The Morgan fingerprint density at radius 2 is 1.46 bits per heavy atom. The lowest BCUT2D eigenvalue weighted by Gasteiger charge is -2.34. The topological polar surface area (TPSA) is 29.5 Å². The van der Waals surface area contributed by atoms with Crippen molar-refractivity contribution in [2.45, 2.75) is 69.7 Å². The highest BCUT2D eigenvalue weighted by Gasteiger charge is 2.30. The molecule has 2 rings (SSSR count). The molecule has 0 aromatic rings. The zero-order valence-electron chi connectivity index (χ0n) is 8.24. The number of rotatable bonds is 2. The lowest BCUT2D eigenvalue weighted by Crippen LogP contribution is -2.37. The highest BCUT2D eigenvalue weighted by Crippen LogP contribution is 2.28. The SMILES string of the molecule is OC1CC(OC2CCCCCC2)C1.